The van der Waals surface area contributed by atoms with Crippen LogP contribution in [-0.2, 0) is 6.54 Å². The van der Waals surface area contributed by atoms with Gasteiger partial charge < -0.3 is 15.8 Å². The summed E-state index contributed by atoms with van der Waals surface area (Å²) in [5.74, 6) is 1.89. The molecule has 5 heteroatoms. The lowest BCUT2D eigenvalue weighted by Crippen LogP contribution is -2.02. The SMILES string of the molecule is Cc1cc(C)c(Oc2nc(Nc3ccc(CN)cc3)ncc2C)c(C)c1. The van der Waals surface area contributed by atoms with Gasteiger partial charge in [-0.25, -0.2) is 4.98 Å². The van der Waals surface area contributed by atoms with Gasteiger partial charge in [0.2, 0.25) is 11.8 Å². The monoisotopic (exact) mass is 348 g/mol. The Morgan fingerprint density at radius 2 is 1.62 bits per heavy atom. The number of nitrogens with zero attached hydrogens (tertiary/aromatic N) is 2. The molecule has 0 fully saturated rings. The van der Waals surface area contributed by atoms with Gasteiger partial charge in [-0.1, -0.05) is 29.8 Å². The summed E-state index contributed by atoms with van der Waals surface area (Å²) in [5, 5.41) is 3.20. The standard InChI is InChI=1S/C21H24N4O/c1-13-9-14(2)19(15(3)10-13)26-20-16(4)12-23-21(25-20)24-18-7-5-17(11-22)6-8-18/h5-10,12H,11,22H2,1-4H3,(H,23,24,25). The summed E-state index contributed by atoms with van der Waals surface area (Å²) in [6.45, 7) is 8.63. The molecule has 2 aromatic carbocycles. The highest BCUT2D eigenvalue weighted by atomic mass is 16.5. The summed E-state index contributed by atoms with van der Waals surface area (Å²) in [6, 6.07) is 12.1. The fraction of sp³-hybridized carbons (Fsp3) is 0.238. The molecule has 3 aromatic rings. The van der Waals surface area contributed by atoms with Gasteiger partial charge in [0.05, 0.1) is 0 Å². The van der Waals surface area contributed by atoms with Crippen LogP contribution in [0.5, 0.6) is 11.6 Å². The zero-order chi connectivity index (χ0) is 18.7. The minimum absolute atomic E-state index is 0.494. The van der Waals surface area contributed by atoms with Crippen molar-refractivity contribution in [2.24, 2.45) is 5.73 Å². The van der Waals surface area contributed by atoms with Crippen LogP contribution in [-0.4, -0.2) is 9.97 Å². The molecule has 26 heavy (non-hydrogen) atoms. The van der Waals surface area contributed by atoms with E-state index in [0.717, 1.165) is 33.7 Å². The lowest BCUT2D eigenvalue weighted by atomic mass is 10.1. The van der Waals surface area contributed by atoms with Crippen molar-refractivity contribution < 1.29 is 4.74 Å². The number of ether oxygens (including phenoxy) is 1. The predicted molar refractivity (Wildman–Crippen MR) is 105 cm³/mol. The minimum atomic E-state index is 0.494. The van der Waals surface area contributed by atoms with E-state index in [2.05, 4.69) is 34.3 Å². The van der Waals surface area contributed by atoms with Crippen molar-refractivity contribution in [3.8, 4) is 11.6 Å². The summed E-state index contributed by atoms with van der Waals surface area (Å²) in [6.07, 6.45) is 1.76. The second-order valence-corrected chi connectivity index (χ2v) is 6.54. The molecule has 0 aliphatic heterocycles. The van der Waals surface area contributed by atoms with E-state index in [4.69, 9.17) is 10.5 Å². The van der Waals surface area contributed by atoms with E-state index >= 15 is 0 Å². The number of anilines is 2. The Hall–Kier alpha value is -2.92. The molecule has 5 nitrogen and oxygen atoms in total. The first-order valence-corrected chi connectivity index (χ1v) is 8.61. The molecule has 0 saturated heterocycles. The third kappa shape index (κ3) is 4.00. The summed E-state index contributed by atoms with van der Waals surface area (Å²) in [7, 11) is 0. The van der Waals surface area contributed by atoms with Crippen molar-refractivity contribution >= 4 is 11.6 Å². The average Bonchev–Trinajstić information content (AvgIpc) is 2.61. The van der Waals surface area contributed by atoms with Gasteiger partial charge in [0, 0.05) is 24.0 Å². The molecule has 3 N–H and O–H groups in total. The zero-order valence-corrected chi connectivity index (χ0v) is 15.6. The maximum absolute atomic E-state index is 6.13. The number of hydrogen-bond acceptors (Lipinski definition) is 5. The van der Waals surface area contributed by atoms with Crippen LogP contribution in [0.3, 0.4) is 0 Å². The summed E-state index contributed by atoms with van der Waals surface area (Å²) in [4.78, 5) is 8.89. The van der Waals surface area contributed by atoms with E-state index in [-0.39, 0.29) is 0 Å². The number of aromatic nitrogens is 2. The molecule has 0 atom stereocenters. The molecule has 0 bridgehead atoms. The molecule has 1 aromatic heterocycles. The van der Waals surface area contributed by atoms with Gasteiger partial charge in [0.15, 0.2) is 0 Å². The van der Waals surface area contributed by atoms with Crippen LogP contribution in [0.15, 0.2) is 42.6 Å². The van der Waals surface area contributed by atoms with E-state index in [1.807, 2.05) is 45.0 Å². The van der Waals surface area contributed by atoms with Crippen molar-refractivity contribution in [1.82, 2.24) is 9.97 Å². The van der Waals surface area contributed by atoms with Gasteiger partial charge in [0.1, 0.15) is 5.75 Å². The molecule has 0 unspecified atom stereocenters. The lowest BCUT2D eigenvalue weighted by Gasteiger charge is -2.14. The molecule has 0 amide bonds. The molecule has 1 heterocycles. The molecule has 3 rings (SSSR count). The fourth-order valence-electron chi connectivity index (χ4n) is 2.87. The van der Waals surface area contributed by atoms with Crippen molar-refractivity contribution in [2.75, 3.05) is 5.32 Å². The summed E-state index contributed by atoms with van der Waals surface area (Å²) in [5.41, 5.74) is 11.9. The van der Waals surface area contributed by atoms with E-state index in [9.17, 15) is 0 Å². The largest absolute Gasteiger partial charge is 0.438 e. The zero-order valence-electron chi connectivity index (χ0n) is 15.6. The van der Waals surface area contributed by atoms with Crippen molar-refractivity contribution in [1.29, 1.82) is 0 Å². The second kappa shape index (κ2) is 7.54. The molecule has 0 saturated carbocycles. The Morgan fingerprint density at radius 1 is 0.962 bits per heavy atom. The van der Waals surface area contributed by atoms with Crippen LogP contribution in [0.1, 0.15) is 27.8 Å². The Morgan fingerprint density at radius 3 is 2.23 bits per heavy atom. The van der Waals surface area contributed by atoms with Crippen LogP contribution in [0, 0.1) is 27.7 Å². The van der Waals surface area contributed by atoms with Gasteiger partial charge in [-0.15, -0.1) is 0 Å². The Balaban J connectivity index is 1.86. The molecule has 0 radical (unpaired) electrons. The summed E-state index contributed by atoms with van der Waals surface area (Å²) >= 11 is 0. The van der Waals surface area contributed by atoms with Crippen LogP contribution in [0.25, 0.3) is 0 Å². The van der Waals surface area contributed by atoms with Crippen molar-refractivity contribution in [2.45, 2.75) is 34.2 Å². The molecular weight excluding hydrogens is 324 g/mol. The quantitative estimate of drug-likeness (QED) is 0.699. The fourth-order valence-corrected chi connectivity index (χ4v) is 2.87. The van der Waals surface area contributed by atoms with Gasteiger partial charge in [-0.05, 0) is 56.5 Å². The number of rotatable bonds is 5. The van der Waals surface area contributed by atoms with Crippen molar-refractivity contribution in [3.05, 3.63) is 70.4 Å². The average molecular weight is 348 g/mol. The summed E-state index contributed by atoms with van der Waals surface area (Å²) < 4.78 is 6.13. The van der Waals surface area contributed by atoms with E-state index in [1.165, 1.54) is 5.56 Å². The van der Waals surface area contributed by atoms with E-state index in [0.29, 0.717) is 18.4 Å². The number of benzene rings is 2. The lowest BCUT2D eigenvalue weighted by molar-refractivity contribution is 0.451. The van der Waals surface area contributed by atoms with Gasteiger partial charge in [0.25, 0.3) is 0 Å². The Bertz CT molecular complexity index is 897. The Labute approximate surface area is 154 Å². The molecular formula is C21H24N4O. The first kappa shape index (κ1) is 17.9. The highest BCUT2D eigenvalue weighted by Crippen LogP contribution is 2.31. The molecule has 0 aliphatic carbocycles. The smallest absolute Gasteiger partial charge is 0.230 e. The molecule has 0 spiro atoms. The van der Waals surface area contributed by atoms with Gasteiger partial charge >= 0.3 is 0 Å². The number of aryl methyl sites for hydroxylation is 4. The Kier molecular flexibility index (Phi) is 5.19. The van der Waals surface area contributed by atoms with Gasteiger partial charge in [-0.3, -0.25) is 0 Å². The number of hydrogen-bond donors (Lipinski definition) is 2. The normalized spacial score (nSPS) is 10.7. The van der Waals surface area contributed by atoms with Crippen LogP contribution < -0.4 is 15.8 Å². The molecule has 134 valence electrons. The topological polar surface area (TPSA) is 73.1 Å². The van der Waals surface area contributed by atoms with E-state index in [1.54, 1.807) is 6.20 Å². The highest BCUT2D eigenvalue weighted by Gasteiger charge is 2.11. The number of nitrogens with two attached hydrogens (primary N) is 1. The number of nitrogens with one attached hydrogen (secondary N) is 1. The van der Waals surface area contributed by atoms with E-state index < -0.39 is 0 Å². The second-order valence-electron chi connectivity index (χ2n) is 6.54. The third-order valence-electron chi connectivity index (χ3n) is 4.17. The van der Waals surface area contributed by atoms with Crippen LogP contribution in [0.4, 0.5) is 11.6 Å². The predicted octanol–water partition coefficient (Wildman–Crippen LogP) is 4.70. The highest BCUT2D eigenvalue weighted by molar-refractivity contribution is 5.54. The van der Waals surface area contributed by atoms with Crippen molar-refractivity contribution in [3.63, 3.8) is 0 Å². The first-order valence-electron chi connectivity index (χ1n) is 8.61. The maximum Gasteiger partial charge on any atom is 0.230 e. The third-order valence-corrected chi connectivity index (χ3v) is 4.17. The minimum Gasteiger partial charge on any atom is -0.438 e. The van der Waals surface area contributed by atoms with Gasteiger partial charge in [-0.2, -0.15) is 4.98 Å². The first-order chi connectivity index (χ1) is 12.5. The molecule has 0 aliphatic rings. The maximum atomic E-state index is 6.13. The van der Waals surface area contributed by atoms with Crippen LogP contribution >= 0.6 is 0 Å². The van der Waals surface area contributed by atoms with Crippen LogP contribution in [0.2, 0.25) is 0 Å².